The van der Waals surface area contributed by atoms with Crippen LogP contribution in [0.25, 0.3) is 0 Å². The van der Waals surface area contributed by atoms with E-state index < -0.39 is 13.9 Å². The summed E-state index contributed by atoms with van der Waals surface area (Å²) in [5.41, 5.74) is 0. The minimum atomic E-state index is -4.85. The molecule has 0 aromatic carbocycles. The van der Waals surface area contributed by atoms with E-state index in [-0.39, 0.29) is 103 Å². The van der Waals surface area contributed by atoms with Crippen LogP contribution in [0.4, 0.5) is 0 Å². The Bertz CT molecular complexity index is 301. The Morgan fingerprint density at radius 1 is 0.680 bits per heavy atom. The fraction of sp³-hybridized carbons (Fsp3) is 1.00. The average molecular weight is 427 g/mol. The van der Waals surface area contributed by atoms with Crippen LogP contribution in [0.5, 0.6) is 0 Å². The summed E-state index contributed by atoms with van der Waals surface area (Å²) in [5, 5.41) is 0. The van der Waals surface area contributed by atoms with Gasteiger partial charge in [0.2, 0.25) is 0 Å². The van der Waals surface area contributed by atoms with Gasteiger partial charge in [-0.25, -0.2) is 0 Å². The van der Waals surface area contributed by atoms with Crippen LogP contribution < -0.4 is 113 Å². The van der Waals surface area contributed by atoms with Crippen LogP contribution in [-0.4, -0.2) is 6.10 Å². The van der Waals surface area contributed by atoms with Gasteiger partial charge in [0.05, 0.1) is 13.9 Å². The van der Waals surface area contributed by atoms with E-state index in [1.165, 1.54) is 44.9 Å². The second kappa shape index (κ2) is 23.7. The molecule has 0 spiro atoms. The molecule has 0 N–H and O–H groups in total. The standard InChI is InChI=1S/C18H39O4P.2K/c1-3-5-7-9-10-11-12-13-15-17-18(22-23(19,20)21)16-14-8-6-4-2;;/h18H,3-17H2,1-2H3,(H2,19,20,21);;/q;2*+1/p-2. The van der Waals surface area contributed by atoms with Crippen molar-refractivity contribution in [3.63, 3.8) is 0 Å². The quantitative estimate of drug-likeness (QED) is 0.172. The maximum absolute atomic E-state index is 10.8. The van der Waals surface area contributed by atoms with Gasteiger partial charge in [0.1, 0.15) is 0 Å². The zero-order valence-corrected chi connectivity index (χ0v) is 24.4. The molecule has 7 heteroatoms. The minimum Gasteiger partial charge on any atom is -0.790 e. The van der Waals surface area contributed by atoms with Gasteiger partial charge in [-0.2, -0.15) is 0 Å². The number of unbranched alkanes of at least 4 members (excludes halogenated alkanes) is 11. The fourth-order valence-electron chi connectivity index (χ4n) is 2.91. The number of phosphoric ester groups is 1. The van der Waals surface area contributed by atoms with Crippen LogP contribution in [0.15, 0.2) is 0 Å². The maximum Gasteiger partial charge on any atom is 1.00 e. The Labute approximate surface area is 241 Å². The SMILES string of the molecule is CCCCCCCCCCCC(CCCCCC)OP(=O)([O-])[O-].[K+].[K+]. The van der Waals surface area contributed by atoms with E-state index in [4.69, 9.17) is 4.52 Å². The van der Waals surface area contributed by atoms with Crippen molar-refractivity contribution in [1.82, 2.24) is 0 Å². The first-order chi connectivity index (χ1) is 11.0. The molecule has 0 aliphatic rings. The van der Waals surface area contributed by atoms with Gasteiger partial charge < -0.3 is 18.9 Å². The summed E-state index contributed by atoms with van der Waals surface area (Å²) in [6.45, 7) is 4.36. The Morgan fingerprint density at radius 3 is 1.36 bits per heavy atom. The van der Waals surface area contributed by atoms with Crippen molar-refractivity contribution < 1.29 is 122 Å². The Hall–Kier alpha value is 3.38. The predicted molar refractivity (Wildman–Crippen MR) is 93.1 cm³/mol. The Morgan fingerprint density at radius 2 is 1.00 bits per heavy atom. The molecule has 0 rings (SSSR count). The van der Waals surface area contributed by atoms with Crippen molar-refractivity contribution in [1.29, 1.82) is 0 Å². The van der Waals surface area contributed by atoms with Gasteiger partial charge >= 0.3 is 103 Å². The van der Waals surface area contributed by atoms with Crippen molar-refractivity contribution in [2.75, 3.05) is 0 Å². The first-order valence-electron chi connectivity index (χ1n) is 9.70. The number of rotatable bonds is 17. The Kier molecular flexibility index (Phi) is 31.3. The number of hydrogen-bond donors (Lipinski definition) is 0. The number of phosphoric acid groups is 1. The van der Waals surface area contributed by atoms with Gasteiger partial charge in [-0.15, -0.1) is 0 Å². The van der Waals surface area contributed by atoms with Crippen molar-refractivity contribution in [2.45, 2.75) is 116 Å². The third-order valence-electron chi connectivity index (χ3n) is 4.29. The summed E-state index contributed by atoms with van der Waals surface area (Å²) in [6.07, 6.45) is 16.4. The second-order valence-corrected chi connectivity index (χ2v) is 7.75. The molecule has 1 atom stereocenters. The summed E-state index contributed by atoms with van der Waals surface area (Å²) in [5.74, 6) is 0. The molecule has 0 aromatic rings. The van der Waals surface area contributed by atoms with E-state index in [2.05, 4.69) is 13.8 Å². The molecule has 25 heavy (non-hydrogen) atoms. The molecule has 0 amide bonds. The molecule has 0 radical (unpaired) electrons. The first-order valence-corrected chi connectivity index (χ1v) is 11.2. The molecule has 0 aliphatic heterocycles. The van der Waals surface area contributed by atoms with E-state index >= 15 is 0 Å². The second-order valence-electron chi connectivity index (χ2n) is 6.64. The smallest absolute Gasteiger partial charge is 0.790 e. The van der Waals surface area contributed by atoms with Crippen LogP contribution in [0.3, 0.4) is 0 Å². The molecular weight excluding hydrogens is 389 g/mol. The van der Waals surface area contributed by atoms with Gasteiger partial charge in [-0.3, -0.25) is 0 Å². The van der Waals surface area contributed by atoms with E-state index in [9.17, 15) is 14.4 Å². The predicted octanol–water partition coefficient (Wildman–Crippen LogP) is -0.900. The summed E-state index contributed by atoms with van der Waals surface area (Å²) in [7, 11) is -4.85. The zero-order chi connectivity index (χ0) is 17.4. The van der Waals surface area contributed by atoms with E-state index in [0.29, 0.717) is 12.8 Å². The van der Waals surface area contributed by atoms with Crippen molar-refractivity contribution in [2.24, 2.45) is 0 Å². The molecule has 0 heterocycles. The molecule has 1 unspecified atom stereocenters. The monoisotopic (exact) mass is 426 g/mol. The summed E-state index contributed by atoms with van der Waals surface area (Å²) in [6, 6.07) is 0. The maximum atomic E-state index is 10.8. The molecule has 0 aromatic heterocycles. The molecule has 0 bridgehead atoms. The van der Waals surface area contributed by atoms with Crippen LogP contribution >= 0.6 is 7.82 Å². The summed E-state index contributed by atoms with van der Waals surface area (Å²) >= 11 is 0. The summed E-state index contributed by atoms with van der Waals surface area (Å²) in [4.78, 5) is 21.7. The average Bonchev–Trinajstić information content (AvgIpc) is 2.48. The van der Waals surface area contributed by atoms with Crippen molar-refractivity contribution >= 4 is 7.82 Å². The molecular formula is C18H37K2O4P. The van der Waals surface area contributed by atoms with Crippen molar-refractivity contribution in [3.8, 4) is 0 Å². The minimum absolute atomic E-state index is 0. The fourth-order valence-corrected chi connectivity index (χ4v) is 3.49. The van der Waals surface area contributed by atoms with Gasteiger partial charge in [-0.05, 0) is 12.8 Å². The van der Waals surface area contributed by atoms with Crippen LogP contribution in [0, 0.1) is 0 Å². The topological polar surface area (TPSA) is 72.4 Å². The van der Waals surface area contributed by atoms with Gasteiger partial charge in [0.15, 0.2) is 0 Å². The van der Waals surface area contributed by atoms with E-state index in [1.807, 2.05) is 0 Å². The van der Waals surface area contributed by atoms with E-state index in [1.54, 1.807) is 0 Å². The molecule has 0 saturated carbocycles. The molecule has 0 fully saturated rings. The van der Waals surface area contributed by atoms with Gasteiger partial charge in [0, 0.05) is 0 Å². The van der Waals surface area contributed by atoms with Crippen molar-refractivity contribution in [3.05, 3.63) is 0 Å². The van der Waals surface area contributed by atoms with Gasteiger partial charge in [0.25, 0.3) is 0 Å². The Balaban J connectivity index is -0.00000242. The third-order valence-corrected chi connectivity index (χ3v) is 4.84. The molecule has 0 aliphatic carbocycles. The number of hydrogen-bond acceptors (Lipinski definition) is 4. The van der Waals surface area contributed by atoms with Crippen LogP contribution in [-0.2, 0) is 9.09 Å². The van der Waals surface area contributed by atoms with Gasteiger partial charge in [-0.1, -0.05) is 97.3 Å². The zero-order valence-electron chi connectivity index (χ0n) is 17.3. The van der Waals surface area contributed by atoms with Crippen LogP contribution in [0.1, 0.15) is 110 Å². The van der Waals surface area contributed by atoms with E-state index in [0.717, 1.165) is 38.5 Å². The van der Waals surface area contributed by atoms with Crippen LogP contribution in [0.2, 0.25) is 0 Å². The molecule has 140 valence electrons. The third kappa shape index (κ3) is 27.4. The molecule has 4 nitrogen and oxygen atoms in total. The first kappa shape index (κ1) is 33.0. The normalized spacial score (nSPS) is 12.3. The summed E-state index contributed by atoms with van der Waals surface area (Å²) < 4.78 is 15.6. The molecule has 0 saturated heterocycles. The largest absolute Gasteiger partial charge is 1.00 e.